The van der Waals surface area contributed by atoms with Gasteiger partial charge >= 0.3 is 0 Å². The van der Waals surface area contributed by atoms with Gasteiger partial charge in [0.05, 0.1) is 17.1 Å². The number of rotatable bonds is 4. The average Bonchev–Trinajstić information content (AvgIpc) is 2.64. The number of nitrogens with one attached hydrogen (secondary N) is 2. The van der Waals surface area contributed by atoms with Gasteiger partial charge in [0, 0.05) is 24.0 Å². The number of aromatic nitrogens is 2. The van der Waals surface area contributed by atoms with Crippen LogP contribution in [0.15, 0.2) is 30.6 Å². The summed E-state index contributed by atoms with van der Waals surface area (Å²) in [5.41, 5.74) is 2.13. The van der Waals surface area contributed by atoms with Crippen LogP contribution < -0.4 is 10.6 Å². The van der Waals surface area contributed by atoms with Gasteiger partial charge in [0.25, 0.3) is 5.91 Å². The first-order chi connectivity index (χ1) is 12.2. The van der Waals surface area contributed by atoms with Crippen molar-refractivity contribution in [2.24, 2.45) is 11.8 Å². The van der Waals surface area contributed by atoms with E-state index in [9.17, 15) is 9.90 Å². The van der Waals surface area contributed by atoms with Gasteiger partial charge in [0.15, 0.2) is 0 Å². The van der Waals surface area contributed by atoms with Gasteiger partial charge < -0.3 is 15.7 Å². The minimum atomic E-state index is -0.206. The fourth-order valence-electron chi connectivity index (χ4n) is 4.09. The minimum Gasteiger partial charge on any atom is -0.393 e. The van der Waals surface area contributed by atoms with Crippen molar-refractivity contribution in [1.82, 2.24) is 20.6 Å². The van der Waals surface area contributed by atoms with E-state index in [0.717, 1.165) is 49.8 Å². The first-order valence-electron chi connectivity index (χ1n) is 9.11. The summed E-state index contributed by atoms with van der Waals surface area (Å²) in [6.07, 6.45) is 6.80. The van der Waals surface area contributed by atoms with Crippen molar-refractivity contribution in [2.75, 3.05) is 13.1 Å². The summed E-state index contributed by atoms with van der Waals surface area (Å²) < 4.78 is 0. The maximum atomic E-state index is 12.8. The van der Waals surface area contributed by atoms with E-state index < -0.39 is 0 Å². The number of nitrogens with zero attached hydrogens (tertiary/aromatic N) is 2. The van der Waals surface area contributed by atoms with E-state index in [0.29, 0.717) is 17.4 Å². The Morgan fingerprint density at radius 2 is 1.84 bits per heavy atom. The Labute approximate surface area is 147 Å². The second kappa shape index (κ2) is 7.06. The van der Waals surface area contributed by atoms with E-state index in [1.54, 1.807) is 24.5 Å². The molecule has 2 heterocycles. The Balaban J connectivity index is 1.52. The summed E-state index contributed by atoms with van der Waals surface area (Å²) in [5, 5.41) is 16.3. The molecule has 1 saturated carbocycles. The number of benzene rings is 1. The summed E-state index contributed by atoms with van der Waals surface area (Å²) in [7, 11) is 0. The van der Waals surface area contributed by atoms with E-state index in [2.05, 4.69) is 20.6 Å². The van der Waals surface area contributed by atoms with Crippen molar-refractivity contribution >= 4 is 16.9 Å². The Kier molecular flexibility index (Phi) is 4.63. The maximum Gasteiger partial charge on any atom is 0.251 e. The summed E-state index contributed by atoms with van der Waals surface area (Å²) in [4.78, 5) is 21.4. The van der Waals surface area contributed by atoms with Crippen LogP contribution in [0.1, 0.15) is 36.0 Å². The largest absolute Gasteiger partial charge is 0.393 e. The van der Waals surface area contributed by atoms with Crippen molar-refractivity contribution in [3.63, 3.8) is 0 Å². The molecule has 132 valence electrons. The number of piperidine rings is 1. The lowest BCUT2D eigenvalue weighted by Crippen LogP contribution is -2.52. The third kappa shape index (κ3) is 3.50. The molecule has 1 saturated heterocycles. The molecule has 2 aromatic rings. The van der Waals surface area contributed by atoms with Crippen LogP contribution in [0.2, 0.25) is 0 Å². The summed E-state index contributed by atoms with van der Waals surface area (Å²) in [6.45, 7) is 2.00. The van der Waals surface area contributed by atoms with Crippen molar-refractivity contribution < 1.29 is 9.90 Å². The molecule has 6 heteroatoms. The summed E-state index contributed by atoms with van der Waals surface area (Å²) in [6, 6.07) is 5.58. The van der Waals surface area contributed by atoms with Crippen molar-refractivity contribution in [3.05, 3.63) is 36.2 Å². The normalized spacial score (nSPS) is 25.3. The molecule has 25 heavy (non-hydrogen) atoms. The molecule has 6 nitrogen and oxygen atoms in total. The number of amides is 1. The Morgan fingerprint density at radius 1 is 1.12 bits per heavy atom. The molecule has 1 atom stereocenters. The summed E-state index contributed by atoms with van der Waals surface area (Å²) >= 11 is 0. The highest BCUT2D eigenvalue weighted by molar-refractivity contribution is 5.97. The first kappa shape index (κ1) is 16.4. The number of hydrogen-bond donors (Lipinski definition) is 3. The molecule has 0 radical (unpaired) electrons. The Bertz CT molecular complexity index is 754. The highest BCUT2D eigenvalue weighted by Gasteiger charge is 2.39. The van der Waals surface area contributed by atoms with Crippen LogP contribution in [-0.4, -0.2) is 46.2 Å². The SMILES string of the molecule is O=C(N[C@@H](C1CCNCC1)C1CC(O)C1)c1ccc2nccnc2c1. The molecular formula is C19H24N4O2. The standard InChI is InChI=1S/C19H24N4O2/c24-15-9-14(10-15)18(12-3-5-20-6-4-12)23-19(25)13-1-2-16-17(11-13)22-8-7-21-16/h1-2,7-8,11-12,14-15,18,20,24H,3-6,9-10H2,(H,23,25)/t14?,15?,18-/m0/s1. The number of aliphatic hydroxyl groups excluding tert-OH is 1. The van der Waals surface area contributed by atoms with Crippen molar-refractivity contribution in [2.45, 2.75) is 37.8 Å². The van der Waals surface area contributed by atoms with E-state index in [4.69, 9.17) is 0 Å². The molecule has 1 aromatic heterocycles. The fraction of sp³-hybridized carbons (Fsp3) is 0.526. The van der Waals surface area contributed by atoms with Crippen molar-refractivity contribution in [3.8, 4) is 0 Å². The van der Waals surface area contributed by atoms with Crippen molar-refractivity contribution in [1.29, 1.82) is 0 Å². The third-order valence-corrected chi connectivity index (χ3v) is 5.58. The second-order valence-electron chi connectivity index (χ2n) is 7.23. The predicted octanol–water partition coefficient (Wildman–Crippen LogP) is 1.50. The number of hydrogen-bond acceptors (Lipinski definition) is 5. The van der Waals surface area contributed by atoms with Gasteiger partial charge in [-0.1, -0.05) is 0 Å². The quantitative estimate of drug-likeness (QED) is 0.785. The Hall–Kier alpha value is -2.05. The molecule has 1 aliphatic heterocycles. The lowest BCUT2D eigenvalue weighted by Gasteiger charge is -2.43. The van der Waals surface area contributed by atoms with Gasteiger partial charge in [-0.2, -0.15) is 0 Å². The minimum absolute atomic E-state index is 0.0579. The van der Waals surface area contributed by atoms with Crippen LogP contribution in [0.25, 0.3) is 11.0 Å². The molecule has 3 N–H and O–H groups in total. The van der Waals surface area contributed by atoms with E-state index in [1.165, 1.54) is 0 Å². The topological polar surface area (TPSA) is 87.1 Å². The maximum absolute atomic E-state index is 12.8. The average molecular weight is 340 g/mol. The van der Waals surface area contributed by atoms with Crippen LogP contribution in [0, 0.1) is 11.8 Å². The molecule has 0 unspecified atom stereocenters. The molecule has 0 spiro atoms. The number of carbonyl (C=O) groups excluding carboxylic acids is 1. The van der Waals surface area contributed by atoms with E-state index in [-0.39, 0.29) is 18.1 Å². The van der Waals surface area contributed by atoms with Crippen LogP contribution in [0.3, 0.4) is 0 Å². The van der Waals surface area contributed by atoms with Gasteiger partial charge in [-0.3, -0.25) is 14.8 Å². The molecule has 1 aromatic carbocycles. The molecule has 4 rings (SSSR count). The monoisotopic (exact) mass is 340 g/mol. The van der Waals surface area contributed by atoms with Gasteiger partial charge in [-0.15, -0.1) is 0 Å². The van der Waals surface area contributed by atoms with Gasteiger partial charge in [0.2, 0.25) is 0 Å². The van der Waals surface area contributed by atoms with E-state index in [1.807, 2.05) is 6.07 Å². The van der Waals surface area contributed by atoms with Crippen LogP contribution in [-0.2, 0) is 0 Å². The third-order valence-electron chi connectivity index (χ3n) is 5.58. The van der Waals surface area contributed by atoms with Gasteiger partial charge in [-0.05, 0) is 68.8 Å². The molecular weight excluding hydrogens is 316 g/mol. The number of fused-ring (bicyclic) bond motifs is 1. The molecule has 0 bridgehead atoms. The lowest BCUT2D eigenvalue weighted by atomic mass is 9.71. The second-order valence-corrected chi connectivity index (χ2v) is 7.23. The first-order valence-corrected chi connectivity index (χ1v) is 9.11. The van der Waals surface area contributed by atoms with Crippen LogP contribution in [0.5, 0.6) is 0 Å². The number of carbonyl (C=O) groups is 1. The highest BCUT2D eigenvalue weighted by Crippen LogP contribution is 2.36. The highest BCUT2D eigenvalue weighted by atomic mass is 16.3. The number of aliphatic hydroxyl groups is 1. The van der Waals surface area contributed by atoms with Crippen LogP contribution in [0.4, 0.5) is 0 Å². The smallest absolute Gasteiger partial charge is 0.251 e. The zero-order chi connectivity index (χ0) is 17.2. The van der Waals surface area contributed by atoms with E-state index >= 15 is 0 Å². The molecule has 1 amide bonds. The lowest BCUT2D eigenvalue weighted by molar-refractivity contribution is 0.00919. The molecule has 2 aliphatic rings. The predicted molar refractivity (Wildman–Crippen MR) is 95.1 cm³/mol. The van der Waals surface area contributed by atoms with Gasteiger partial charge in [0.1, 0.15) is 0 Å². The summed E-state index contributed by atoms with van der Waals surface area (Å²) in [5.74, 6) is 0.794. The van der Waals surface area contributed by atoms with Gasteiger partial charge in [-0.25, -0.2) is 0 Å². The zero-order valence-corrected chi connectivity index (χ0v) is 14.2. The molecule has 1 aliphatic carbocycles. The Morgan fingerprint density at radius 3 is 2.56 bits per heavy atom. The zero-order valence-electron chi connectivity index (χ0n) is 14.2. The molecule has 2 fully saturated rings. The van der Waals surface area contributed by atoms with Crippen LogP contribution >= 0.6 is 0 Å². The fourth-order valence-corrected chi connectivity index (χ4v) is 4.09.